The normalized spacial score (nSPS) is 16.7. The molecule has 134 valence electrons. The van der Waals surface area contributed by atoms with Crippen LogP contribution in [0.1, 0.15) is 12.8 Å². The third kappa shape index (κ3) is 3.98. The number of piperidine rings is 1. The number of hydrogen-bond acceptors (Lipinski definition) is 5. The highest BCUT2D eigenvalue weighted by atomic mass is 35.5. The maximum absolute atomic E-state index is 12.8. The molecule has 10 heteroatoms. The molecule has 1 aliphatic heterocycles. The smallest absolute Gasteiger partial charge is 0.244 e. The van der Waals surface area contributed by atoms with E-state index in [0.29, 0.717) is 23.7 Å². The number of carbonyl (C=O) groups is 1. The summed E-state index contributed by atoms with van der Waals surface area (Å²) in [6, 6.07) is 5.86. The lowest BCUT2D eigenvalue weighted by atomic mass is 9.97. The van der Waals surface area contributed by atoms with E-state index >= 15 is 0 Å². The molecule has 1 N–H and O–H groups in total. The van der Waals surface area contributed by atoms with E-state index in [1.807, 2.05) is 0 Å². The van der Waals surface area contributed by atoms with Crippen molar-refractivity contribution < 1.29 is 17.7 Å². The Morgan fingerprint density at radius 3 is 2.60 bits per heavy atom. The lowest BCUT2D eigenvalue weighted by molar-refractivity contribution is -0.120. The van der Waals surface area contributed by atoms with Gasteiger partial charge in [0.25, 0.3) is 0 Å². The number of aromatic nitrogens is 1. The Hall–Kier alpha value is -1.61. The first-order chi connectivity index (χ1) is 11.9. The summed E-state index contributed by atoms with van der Waals surface area (Å²) >= 11 is 11.9. The second kappa shape index (κ2) is 7.33. The van der Waals surface area contributed by atoms with Crippen molar-refractivity contribution in [2.24, 2.45) is 5.92 Å². The highest BCUT2D eigenvalue weighted by Crippen LogP contribution is 2.30. The molecule has 0 atom stereocenters. The first-order valence-electron chi connectivity index (χ1n) is 7.54. The number of nitrogens with one attached hydrogen (secondary N) is 1. The van der Waals surface area contributed by atoms with Crippen molar-refractivity contribution in [1.29, 1.82) is 0 Å². The third-order valence-corrected chi connectivity index (χ3v) is 6.64. The van der Waals surface area contributed by atoms with Crippen LogP contribution in [-0.4, -0.2) is 36.9 Å². The minimum Gasteiger partial charge on any atom is -0.363 e. The number of nitrogens with zero attached hydrogens (tertiary/aromatic N) is 2. The maximum atomic E-state index is 12.8. The number of carbonyl (C=O) groups excluding carboxylic acids is 1. The number of rotatable bonds is 4. The molecule has 0 aliphatic carbocycles. The highest BCUT2D eigenvalue weighted by molar-refractivity contribution is 7.89. The van der Waals surface area contributed by atoms with Crippen molar-refractivity contribution in [2.75, 3.05) is 18.4 Å². The van der Waals surface area contributed by atoms with Crippen LogP contribution in [0.4, 0.5) is 5.82 Å². The number of sulfonamides is 1. The lowest BCUT2D eigenvalue weighted by Crippen LogP contribution is -2.41. The van der Waals surface area contributed by atoms with Crippen molar-refractivity contribution >= 4 is 45.0 Å². The predicted octanol–water partition coefficient (Wildman–Crippen LogP) is 3.02. The van der Waals surface area contributed by atoms with Gasteiger partial charge in [-0.25, -0.2) is 8.42 Å². The molecule has 0 spiro atoms. The van der Waals surface area contributed by atoms with Crippen LogP contribution in [-0.2, 0) is 14.8 Å². The van der Waals surface area contributed by atoms with Crippen molar-refractivity contribution in [2.45, 2.75) is 17.7 Å². The highest BCUT2D eigenvalue weighted by Gasteiger charge is 2.33. The summed E-state index contributed by atoms with van der Waals surface area (Å²) in [7, 11) is -3.76. The van der Waals surface area contributed by atoms with E-state index in [1.54, 1.807) is 6.07 Å². The van der Waals surface area contributed by atoms with Crippen LogP contribution in [0.5, 0.6) is 0 Å². The molecule has 1 saturated heterocycles. The van der Waals surface area contributed by atoms with Crippen LogP contribution < -0.4 is 5.32 Å². The zero-order valence-corrected chi connectivity index (χ0v) is 15.3. The summed E-state index contributed by atoms with van der Waals surface area (Å²) in [6.07, 6.45) is 2.17. The molecule has 0 radical (unpaired) electrons. The molecular weight excluding hydrogens is 389 g/mol. The van der Waals surface area contributed by atoms with Gasteiger partial charge in [0.1, 0.15) is 11.2 Å². The quantitative estimate of drug-likeness (QED) is 0.846. The Labute approximate surface area is 154 Å². The molecule has 0 bridgehead atoms. The van der Waals surface area contributed by atoms with Gasteiger partial charge in [-0.2, -0.15) is 4.31 Å². The summed E-state index contributed by atoms with van der Waals surface area (Å²) in [5.74, 6) is -0.157. The Balaban J connectivity index is 1.67. The fourth-order valence-electron chi connectivity index (χ4n) is 2.68. The molecule has 1 aromatic heterocycles. The van der Waals surface area contributed by atoms with Crippen molar-refractivity contribution in [3.05, 3.63) is 40.6 Å². The Bertz CT molecular complexity index is 863. The van der Waals surface area contributed by atoms with Gasteiger partial charge in [-0.1, -0.05) is 28.4 Å². The molecule has 1 aromatic carbocycles. The molecule has 0 unspecified atom stereocenters. The average molecular weight is 404 g/mol. The predicted molar refractivity (Wildman–Crippen MR) is 93.1 cm³/mol. The zero-order chi connectivity index (χ0) is 18.0. The van der Waals surface area contributed by atoms with Gasteiger partial charge >= 0.3 is 0 Å². The van der Waals surface area contributed by atoms with Gasteiger partial charge in [0.15, 0.2) is 5.82 Å². The second-order valence-corrected chi connectivity index (χ2v) is 8.38. The van der Waals surface area contributed by atoms with Gasteiger partial charge in [-0.05, 0) is 31.0 Å². The first kappa shape index (κ1) is 18.2. The van der Waals surface area contributed by atoms with Crippen LogP contribution in [0.15, 0.2) is 39.9 Å². The largest absolute Gasteiger partial charge is 0.363 e. The molecule has 25 heavy (non-hydrogen) atoms. The number of hydrogen-bond donors (Lipinski definition) is 1. The lowest BCUT2D eigenvalue weighted by Gasteiger charge is -2.30. The van der Waals surface area contributed by atoms with Crippen LogP contribution in [0.25, 0.3) is 0 Å². The number of halogens is 2. The van der Waals surface area contributed by atoms with E-state index in [4.69, 9.17) is 23.2 Å². The standard InChI is InChI=1S/C15H15Cl2N3O4S/c16-11-1-2-12(17)13(9-11)25(22,23)20-6-3-10(4-7-20)15(21)18-14-5-8-24-19-14/h1-2,5,8-10H,3-4,6-7H2,(H,18,19,21). The van der Waals surface area contributed by atoms with Gasteiger partial charge in [0.2, 0.25) is 15.9 Å². The van der Waals surface area contributed by atoms with Gasteiger partial charge in [-0.3, -0.25) is 4.79 Å². The minimum absolute atomic E-state index is 0.0211. The molecule has 0 saturated carbocycles. The molecule has 1 fully saturated rings. The van der Waals surface area contributed by atoms with Gasteiger partial charge in [0, 0.05) is 30.1 Å². The topological polar surface area (TPSA) is 92.5 Å². The molecule has 7 nitrogen and oxygen atoms in total. The third-order valence-electron chi connectivity index (χ3n) is 4.02. The van der Waals surface area contributed by atoms with Crippen molar-refractivity contribution in [3.63, 3.8) is 0 Å². The van der Waals surface area contributed by atoms with E-state index in [-0.39, 0.29) is 34.8 Å². The molecule has 1 aliphatic rings. The van der Waals surface area contributed by atoms with Crippen LogP contribution in [0, 0.1) is 5.92 Å². The Kier molecular flexibility index (Phi) is 5.33. The van der Waals surface area contributed by atoms with E-state index in [9.17, 15) is 13.2 Å². The fourth-order valence-corrected chi connectivity index (χ4v) is 4.88. The summed E-state index contributed by atoms with van der Waals surface area (Å²) < 4.78 is 31.5. The van der Waals surface area contributed by atoms with Crippen LogP contribution in [0.3, 0.4) is 0 Å². The second-order valence-electron chi connectivity index (χ2n) is 5.63. The number of anilines is 1. The summed E-state index contributed by atoms with van der Waals surface area (Å²) in [5.41, 5.74) is 0. The Morgan fingerprint density at radius 1 is 1.24 bits per heavy atom. The average Bonchev–Trinajstić information content (AvgIpc) is 3.10. The Morgan fingerprint density at radius 2 is 1.96 bits per heavy atom. The summed E-state index contributed by atoms with van der Waals surface area (Å²) in [6.45, 7) is 0.449. The van der Waals surface area contributed by atoms with Gasteiger partial charge in [0.05, 0.1) is 5.02 Å². The molecule has 1 amide bonds. The number of amides is 1. The summed E-state index contributed by atoms with van der Waals surface area (Å²) in [5, 5.41) is 6.68. The zero-order valence-electron chi connectivity index (χ0n) is 13.0. The first-order valence-corrected chi connectivity index (χ1v) is 9.74. The molecular formula is C15H15Cl2N3O4S. The summed E-state index contributed by atoms with van der Waals surface area (Å²) in [4.78, 5) is 12.2. The fraction of sp³-hybridized carbons (Fsp3) is 0.333. The van der Waals surface area contributed by atoms with Crippen LogP contribution >= 0.6 is 23.2 Å². The molecule has 2 heterocycles. The molecule has 3 rings (SSSR count). The molecule has 2 aromatic rings. The van der Waals surface area contributed by atoms with E-state index in [0.717, 1.165) is 0 Å². The van der Waals surface area contributed by atoms with Crippen molar-refractivity contribution in [3.8, 4) is 0 Å². The van der Waals surface area contributed by atoms with Gasteiger partial charge in [-0.15, -0.1) is 0 Å². The van der Waals surface area contributed by atoms with E-state index in [2.05, 4.69) is 15.0 Å². The maximum Gasteiger partial charge on any atom is 0.244 e. The SMILES string of the molecule is O=C(Nc1ccon1)C1CCN(S(=O)(=O)c2cc(Cl)ccc2Cl)CC1. The van der Waals surface area contributed by atoms with Crippen molar-refractivity contribution in [1.82, 2.24) is 9.46 Å². The van der Waals surface area contributed by atoms with E-state index in [1.165, 1.54) is 28.8 Å². The minimum atomic E-state index is -3.76. The number of benzene rings is 1. The van der Waals surface area contributed by atoms with Crippen LogP contribution in [0.2, 0.25) is 10.0 Å². The monoisotopic (exact) mass is 403 g/mol. The van der Waals surface area contributed by atoms with Gasteiger partial charge < -0.3 is 9.84 Å². The van der Waals surface area contributed by atoms with E-state index < -0.39 is 10.0 Å².